The number of phenols is 1. The van der Waals surface area contributed by atoms with Gasteiger partial charge in [0.1, 0.15) is 5.75 Å². The lowest BCUT2D eigenvalue weighted by Gasteiger charge is -2.28. The summed E-state index contributed by atoms with van der Waals surface area (Å²) in [5, 5.41) is 23.5. The predicted octanol–water partition coefficient (Wildman–Crippen LogP) is 3.06. The molecule has 220 valence electrons. The van der Waals surface area contributed by atoms with Gasteiger partial charge in [-0.25, -0.2) is 19.9 Å². The van der Waals surface area contributed by atoms with E-state index in [1.54, 1.807) is 49.0 Å². The van der Waals surface area contributed by atoms with Crippen LogP contribution in [0.2, 0.25) is 0 Å². The molecule has 0 radical (unpaired) electrons. The van der Waals surface area contributed by atoms with Gasteiger partial charge in [0.05, 0.1) is 40.2 Å². The Morgan fingerprint density at radius 3 is 2.53 bits per heavy atom. The van der Waals surface area contributed by atoms with E-state index in [0.717, 1.165) is 39.6 Å². The molecule has 0 bridgehead atoms. The van der Waals surface area contributed by atoms with Crippen molar-refractivity contribution in [1.82, 2.24) is 30.2 Å². The third-order valence-electron chi connectivity index (χ3n) is 7.04. The Morgan fingerprint density at radius 1 is 1.07 bits per heavy atom. The third-order valence-corrected chi connectivity index (χ3v) is 8.21. The smallest absolute Gasteiger partial charge is 0.255 e. The molecule has 5 heterocycles. The van der Waals surface area contributed by atoms with Crippen molar-refractivity contribution < 1.29 is 19.7 Å². The maximum atomic E-state index is 12.5. The van der Waals surface area contributed by atoms with Gasteiger partial charge in [-0.1, -0.05) is 18.2 Å². The van der Waals surface area contributed by atoms with Crippen LogP contribution in [0.3, 0.4) is 0 Å². The van der Waals surface area contributed by atoms with Gasteiger partial charge in [-0.2, -0.15) is 0 Å². The Balaban J connectivity index is 1.22. The summed E-state index contributed by atoms with van der Waals surface area (Å²) in [6.07, 6.45) is 5.23. The van der Waals surface area contributed by atoms with Gasteiger partial charge in [0.2, 0.25) is 5.95 Å². The fourth-order valence-electron chi connectivity index (χ4n) is 4.79. The van der Waals surface area contributed by atoms with E-state index in [1.807, 2.05) is 18.2 Å². The van der Waals surface area contributed by atoms with E-state index in [-0.39, 0.29) is 30.2 Å². The number of benzene rings is 1. The van der Waals surface area contributed by atoms with Crippen LogP contribution in [0, 0.1) is 0 Å². The molecule has 4 aromatic heterocycles. The number of hydrogen-bond donors (Lipinski definition) is 4. The number of amides is 1. The van der Waals surface area contributed by atoms with Crippen LogP contribution in [-0.4, -0.2) is 79.5 Å². The van der Waals surface area contributed by atoms with E-state index in [9.17, 15) is 15.0 Å². The van der Waals surface area contributed by atoms with E-state index in [4.69, 9.17) is 20.4 Å². The van der Waals surface area contributed by atoms with Crippen LogP contribution >= 0.6 is 11.3 Å². The first kappa shape index (κ1) is 28.4. The van der Waals surface area contributed by atoms with Gasteiger partial charge in [0, 0.05) is 60.8 Å². The molecule has 0 aliphatic carbocycles. The Kier molecular flexibility index (Phi) is 7.84. The second-order valence-corrected chi connectivity index (χ2v) is 11.6. The van der Waals surface area contributed by atoms with Gasteiger partial charge >= 0.3 is 0 Å². The van der Waals surface area contributed by atoms with Crippen LogP contribution in [0.4, 0.5) is 11.8 Å². The molecule has 1 aliphatic rings. The third kappa shape index (κ3) is 6.38. The van der Waals surface area contributed by atoms with Crippen molar-refractivity contribution in [2.24, 2.45) is 0 Å². The van der Waals surface area contributed by atoms with Gasteiger partial charge in [0.25, 0.3) is 5.91 Å². The van der Waals surface area contributed by atoms with Crippen LogP contribution in [0.5, 0.6) is 5.75 Å². The number of carbonyl (C=O) groups excluding carboxylic acids is 1. The highest BCUT2D eigenvalue weighted by Crippen LogP contribution is 2.38. The number of phenolic OH excluding ortho intramolecular Hbond substituents is 1. The van der Waals surface area contributed by atoms with Crippen LogP contribution in [-0.2, 0) is 11.2 Å². The van der Waals surface area contributed by atoms with Crippen molar-refractivity contribution in [3.8, 4) is 27.6 Å². The summed E-state index contributed by atoms with van der Waals surface area (Å²) in [6.45, 7) is 4.31. The first-order valence-electron chi connectivity index (χ1n) is 13.7. The van der Waals surface area contributed by atoms with E-state index in [1.165, 1.54) is 12.1 Å². The largest absolute Gasteiger partial charge is 0.507 e. The Bertz CT molecular complexity index is 1750. The van der Waals surface area contributed by atoms with Gasteiger partial charge in [-0.3, -0.25) is 9.78 Å². The second-order valence-electron chi connectivity index (χ2n) is 10.5. The summed E-state index contributed by atoms with van der Waals surface area (Å²) < 4.78 is 6.52. The molecule has 12 nitrogen and oxygen atoms in total. The molecule has 43 heavy (non-hydrogen) atoms. The molecule has 1 aromatic carbocycles. The number of rotatable bonds is 8. The molecular formula is C30H30N8O4S. The van der Waals surface area contributed by atoms with Gasteiger partial charge in [-0.05, 0) is 31.2 Å². The average Bonchev–Trinajstić information content (AvgIpc) is 3.45. The SMILES string of the molecule is CC(O)(CNC(=O)c1ccccc1O)Cc1ccc(-c2cc3nc(-c4cnc(N)nc4)nc(N4CCOCC4)c3s2)cn1. The normalized spacial score (nSPS) is 14.9. The molecule has 0 saturated carbocycles. The predicted molar refractivity (Wildman–Crippen MR) is 164 cm³/mol. The van der Waals surface area contributed by atoms with Crippen molar-refractivity contribution in [3.63, 3.8) is 0 Å². The molecule has 1 amide bonds. The van der Waals surface area contributed by atoms with E-state index in [0.29, 0.717) is 30.3 Å². The van der Waals surface area contributed by atoms with Crippen molar-refractivity contribution in [3.05, 3.63) is 72.3 Å². The number of nitrogens with two attached hydrogens (primary N) is 1. The molecule has 1 saturated heterocycles. The highest BCUT2D eigenvalue weighted by molar-refractivity contribution is 7.22. The zero-order chi connectivity index (χ0) is 30.0. The van der Waals surface area contributed by atoms with Crippen molar-refractivity contribution in [2.75, 3.05) is 43.5 Å². The van der Waals surface area contributed by atoms with Crippen LogP contribution in [0.15, 0.2) is 61.1 Å². The zero-order valence-corrected chi connectivity index (χ0v) is 24.2. The lowest BCUT2D eigenvalue weighted by molar-refractivity contribution is 0.0544. The number of morpholine rings is 1. The fourth-order valence-corrected chi connectivity index (χ4v) is 5.89. The van der Waals surface area contributed by atoms with E-state index >= 15 is 0 Å². The maximum Gasteiger partial charge on any atom is 0.255 e. The maximum absolute atomic E-state index is 12.5. The number of aliphatic hydroxyl groups is 1. The fraction of sp³-hybridized carbons (Fsp3) is 0.267. The number of nitrogen functional groups attached to an aromatic ring is 1. The number of para-hydroxylation sites is 1. The summed E-state index contributed by atoms with van der Waals surface area (Å²) in [5.74, 6) is 0.965. The molecule has 13 heteroatoms. The van der Waals surface area contributed by atoms with Crippen molar-refractivity contribution in [2.45, 2.75) is 18.9 Å². The minimum Gasteiger partial charge on any atom is -0.507 e. The highest BCUT2D eigenvalue weighted by atomic mass is 32.1. The summed E-state index contributed by atoms with van der Waals surface area (Å²) >= 11 is 1.59. The molecule has 5 aromatic rings. The second kappa shape index (κ2) is 11.9. The lowest BCUT2D eigenvalue weighted by atomic mass is 9.99. The monoisotopic (exact) mass is 598 g/mol. The Morgan fingerprint density at radius 2 is 1.81 bits per heavy atom. The van der Waals surface area contributed by atoms with Crippen LogP contribution in [0.25, 0.3) is 32.0 Å². The summed E-state index contributed by atoms with van der Waals surface area (Å²) in [4.78, 5) is 38.2. The number of thiophene rings is 1. The molecule has 0 spiro atoms. The number of nitrogens with zero attached hydrogens (tertiary/aromatic N) is 6. The number of carbonyl (C=O) groups is 1. The van der Waals surface area contributed by atoms with Crippen LogP contribution < -0.4 is 16.0 Å². The quantitative estimate of drug-likeness (QED) is 0.207. The van der Waals surface area contributed by atoms with E-state index in [2.05, 4.69) is 25.2 Å². The number of ether oxygens (including phenoxy) is 1. The number of pyridine rings is 1. The van der Waals surface area contributed by atoms with Gasteiger partial charge in [0.15, 0.2) is 11.6 Å². The average molecular weight is 599 g/mol. The highest BCUT2D eigenvalue weighted by Gasteiger charge is 2.24. The number of hydrogen-bond acceptors (Lipinski definition) is 12. The molecule has 1 fully saturated rings. The minimum absolute atomic E-state index is 0.00964. The van der Waals surface area contributed by atoms with Crippen molar-refractivity contribution in [1.29, 1.82) is 0 Å². The summed E-state index contributed by atoms with van der Waals surface area (Å²) in [6, 6.07) is 12.1. The van der Waals surface area contributed by atoms with Crippen LogP contribution in [0.1, 0.15) is 23.0 Å². The molecular weight excluding hydrogens is 568 g/mol. The summed E-state index contributed by atoms with van der Waals surface area (Å²) in [5.41, 5.74) is 7.63. The Labute approximate surface area is 251 Å². The molecule has 1 atom stereocenters. The molecule has 5 N–H and O–H groups in total. The lowest BCUT2D eigenvalue weighted by Crippen LogP contribution is -2.42. The minimum atomic E-state index is -1.25. The number of nitrogens with one attached hydrogen (secondary N) is 1. The topological polar surface area (TPSA) is 172 Å². The molecule has 1 unspecified atom stereocenters. The van der Waals surface area contributed by atoms with Crippen molar-refractivity contribution >= 4 is 39.2 Å². The van der Waals surface area contributed by atoms with Gasteiger partial charge < -0.3 is 30.9 Å². The number of anilines is 2. The van der Waals surface area contributed by atoms with Gasteiger partial charge in [-0.15, -0.1) is 11.3 Å². The standard InChI is InChI=1S/C30H30N8O4S/c1-30(41,17-35-28(40)21-4-2-3-5-23(21)39)13-20-7-6-18(14-32-20)24-12-22-25(43-24)27(38-8-10-42-11-9-38)37-26(36-22)19-15-33-29(31)34-16-19/h2-7,12,14-16,39,41H,8-11,13,17H2,1H3,(H,35,40)(H2,31,33,34). The molecule has 6 rings (SSSR count). The number of aromatic hydroxyl groups is 1. The zero-order valence-electron chi connectivity index (χ0n) is 23.4. The number of fused-ring (bicyclic) bond motifs is 1. The number of aromatic nitrogens is 5. The first-order valence-corrected chi connectivity index (χ1v) is 14.5. The molecule has 1 aliphatic heterocycles. The summed E-state index contributed by atoms with van der Waals surface area (Å²) in [7, 11) is 0. The first-order chi connectivity index (χ1) is 20.8. The Hall–Kier alpha value is -4.72. The van der Waals surface area contributed by atoms with E-state index < -0.39 is 11.5 Å².